The van der Waals surface area contributed by atoms with Gasteiger partial charge in [0.15, 0.2) is 5.11 Å². The number of nitrogens with zero attached hydrogens (tertiary/aromatic N) is 1. The molecule has 0 unspecified atom stereocenters. The summed E-state index contributed by atoms with van der Waals surface area (Å²) >= 11 is 5.44. The smallest absolute Gasteiger partial charge is 0.407 e. The molecule has 2 N–H and O–H groups in total. The van der Waals surface area contributed by atoms with E-state index in [2.05, 4.69) is 39.8 Å². The van der Waals surface area contributed by atoms with Crippen LogP contribution in [0.5, 0.6) is 0 Å². The molecule has 0 saturated heterocycles. The predicted octanol–water partition coefficient (Wildman–Crippen LogP) is 2.44. The number of hydrogen-bond acceptors (Lipinski definition) is 3. The second-order valence-electron chi connectivity index (χ2n) is 6.60. The van der Waals surface area contributed by atoms with Crippen molar-refractivity contribution in [3.63, 3.8) is 0 Å². The van der Waals surface area contributed by atoms with E-state index in [4.69, 9.17) is 17.0 Å². The molecule has 6 heteroatoms. The molecule has 0 aromatic heterocycles. The lowest BCUT2D eigenvalue weighted by Crippen LogP contribution is -2.45. The number of alkyl carbamates (subject to hydrolysis) is 1. The summed E-state index contributed by atoms with van der Waals surface area (Å²) in [4.78, 5) is 13.7. The van der Waals surface area contributed by atoms with Gasteiger partial charge in [-0.3, -0.25) is 0 Å². The highest BCUT2D eigenvalue weighted by Crippen LogP contribution is 2.18. The number of nitrogens with one attached hydrogen (secondary N) is 2. The fraction of sp³-hybridized carbons (Fsp3) is 0.529. The van der Waals surface area contributed by atoms with Gasteiger partial charge in [0.2, 0.25) is 0 Å². The Morgan fingerprint density at radius 3 is 2.57 bits per heavy atom. The SMILES string of the molecule is CC(C)(C)OC(=O)NCCNC(=S)N1CCc2ccccc2C1. The van der Waals surface area contributed by atoms with Gasteiger partial charge in [-0.25, -0.2) is 4.79 Å². The lowest BCUT2D eigenvalue weighted by atomic mass is 10.0. The first kappa shape index (κ1) is 17.5. The number of rotatable bonds is 3. The molecule has 126 valence electrons. The minimum atomic E-state index is -0.478. The van der Waals surface area contributed by atoms with Gasteiger partial charge in [-0.15, -0.1) is 0 Å². The van der Waals surface area contributed by atoms with Crippen LogP contribution in [0.25, 0.3) is 0 Å². The van der Waals surface area contributed by atoms with E-state index in [0.29, 0.717) is 13.1 Å². The number of ether oxygens (including phenoxy) is 1. The fourth-order valence-corrected chi connectivity index (χ4v) is 2.69. The normalized spacial score (nSPS) is 14.0. The summed E-state index contributed by atoms with van der Waals surface area (Å²) < 4.78 is 5.18. The van der Waals surface area contributed by atoms with Crippen LogP contribution in [0.2, 0.25) is 0 Å². The summed E-state index contributed by atoms with van der Waals surface area (Å²) in [7, 11) is 0. The predicted molar refractivity (Wildman–Crippen MR) is 95.4 cm³/mol. The summed E-state index contributed by atoms with van der Waals surface area (Å²) in [6.45, 7) is 8.33. The fourth-order valence-electron chi connectivity index (χ4n) is 2.43. The van der Waals surface area contributed by atoms with E-state index in [-0.39, 0.29) is 0 Å². The van der Waals surface area contributed by atoms with Crippen molar-refractivity contribution in [3.05, 3.63) is 35.4 Å². The molecule has 0 saturated carbocycles. The monoisotopic (exact) mass is 335 g/mol. The largest absolute Gasteiger partial charge is 0.444 e. The number of fused-ring (bicyclic) bond motifs is 1. The van der Waals surface area contributed by atoms with Crippen molar-refractivity contribution in [2.75, 3.05) is 19.6 Å². The molecule has 0 atom stereocenters. The third-order valence-electron chi connectivity index (χ3n) is 3.49. The van der Waals surface area contributed by atoms with Crippen molar-refractivity contribution in [1.82, 2.24) is 15.5 Å². The Bertz CT molecular complexity index is 569. The Morgan fingerprint density at radius 1 is 1.22 bits per heavy atom. The summed E-state index contributed by atoms with van der Waals surface area (Å²) in [5.41, 5.74) is 2.25. The number of thiocarbonyl (C=S) groups is 1. The molecule has 1 aliphatic rings. The van der Waals surface area contributed by atoms with E-state index in [0.717, 1.165) is 24.6 Å². The maximum Gasteiger partial charge on any atom is 0.407 e. The third-order valence-corrected chi connectivity index (χ3v) is 3.89. The zero-order chi connectivity index (χ0) is 16.9. The Balaban J connectivity index is 1.69. The van der Waals surface area contributed by atoms with Crippen LogP contribution in [0.15, 0.2) is 24.3 Å². The molecule has 1 amide bonds. The van der Waals surface area contributed by atoms with Gasteiger partial charge in [0.05, 0.1) is 0 Å². The maximum atomic E-state index is 11.5. The second kappa shape index (κ2) is 7.64. The minimum Gasteiger partial charge on any atom is -0.444 e. The highest BCUT2D eigenvalue weighted by atomic mass is 32.1. The Labute approximate surface area is 143 Å². The molecule has 0 radical (unpaired) electrons. The van der Waals surface area contributed by atoms with Gasteiger partial charge in [-0.1, -0.05) is 24.3 Å². The van der Waals surface area contributed by atoms with Crippen LogP contribution in [0.3, 0.4) is 0 Å². The highest BCUT2D eigenvalue weighted by molar-refractivity contribution is 7.80. The maximum absolute atomic E-state index is 11.5. The van der Waals surface area contributed by atoms with Crippen LogP contribution < -0.4 is 10.6 Å². The molecule has 1 heterocycles. The molecule has 5 nitrogen and oxygen atoms in total. The molecule has 0 bridgehead atoms. The topological polar surface area (TPSA) is 53.6 Å². The van der Waals surface area contributed by atoms with Gasteiger partial charge in [-0.05, 0) is 50.5 Å². The van der Waals surface area contributed by atoms with Crippen LogP contribution >= 0.6 is 12.2 Å². The van der Waals surface area contributed by atoms with Gasteiger partial charge in [0, 0.05) is 26.2 Å². The van der Waals surface area contributed by atoms with E-state index >= 15 is 0 Å². The first-order chi connectivity index (χ1) is 10.8. The number of amides is 1. The first-order valence-corrected chi connectivity index (χ1v) is 8.32. The second-order valence-corrected chi connectivity index (χ2v) is 6.99. The van der Waals surface area contributed by atoms with Crippen LogP contribution in [-0.4, -0.2) is 41.3 Å². The number of benzene rings is 1. The molecule has 1 aliphatic heterocycles. The Morgan fingerprint density at radius 2 is 1.87 bits per heavy atom. The van der Waals surface area contributed by atoms with E-state index in [1.807, 2.05) is 20.8 Å². The number of carbonyl (C=O) groups excluding carboxylic acids is 1. The lowest BCUT2D eigenvalue weighted by molar-refractivity contribution is 0.0529. The van der Waals surface area contributed by atoms with Crippen LogP contribution in [0, 0.1) is 0 Å². The first-order valence-electron chi connectivity index (χ1n) is 7.91. The van der Waals surface area contributed by atoms with Crippen molar-refractivity contribution in [3.8, 4) is 0 Å². The van der Waals surface area contributed by atoms with Crippen molar-refractivity contribution in [1.29, 1.82) is 0 Å². The quantitative estimate of drug-likeness (QED) is 0.656. The molecule has 1 aromatic carbocycles. The standard InChI is InChI=1S/C17H25N3O2S/c1-17(2,3)22-16(21)19-10-9-18-15(23)20-11-8-13-6-4-5-7-14(13)12-20/h4-7H,8-12H2,1-3H3,(H,18,23)(H,19,21). The zero-order valence-electron chi connectivity index (χ0n) is 14.0. The summed E-state index contributed by atoms with van der Waals surface area (Å²) in [5, 5.41) is 6.63. The van der Waals surface area contributed by atoms with Crippen molar-refractivity contribution < 1.29 is 9.53 Å². The van der Waals surface area contributed by atoms with Gasteiger partial charge in [0.1, 0.15) is 5.60 Å². The van der Waals surface area contributed by atoms with Gasteiger partial charge in [-0.2, -0.15) is 0 Å². The van der Waals surface area contributed by atoms with Crippen LogP contribution in [-0.2, 0) is 17.7 Å². The van der Waals surface area contributed by atoms with Crippen molar-refractivity contribution >= 4 is 23.4 Å². The van der Waals surface area contributed by atoms with Gasteiger partial charge in [0.25, 0.3) is 0 Å². The Kier molecular flexibility index (Phi) is 5.82. The average molecular weight is 335 g/mol. The summed E-state index contributed by atoms with van der Waals surface area (Å²) in [6.07, 6.45) is 0.603. The van der Waals surface area contributed by atoms with E-state index in [1.165, 1.54) is 11.1 Å². The number of hydrogen-bond donors (Lipinski definition) is 2. The van der Waals surface area contributed by atoms with Crippen molar-refractivity contribution in [2.24, 2.45) is 0 Å². The average Bonchev–Trinajstić information content (AvgIpc) is 2.49. The van der Waals surface area contributed by atoms with Crippen LogP contribution in [0.4, 0.5) is 4.79 Å². The third kappa shape index (κ3) is 5.71. The summed E-state index contributed by atoms with van der Waals surface area (Å²) in [6, 6.07) is 8.46. The van der Waals surface area contributed by atoms with E-state index in [9.17, 15) is 4.79 Å². The molecule has 0 fully saturated rings. The molecule has 0 spiro atoms. The molecular formula is C17H25N3O2S. The summed E-state index contributed by atoms with van der Waals surface area (Å²) in [5.74, 6) is 0. The highest BCUT2D eigenvalue weighted by Gasteiger charge is 2.18. The Hall–Kier alpha value is -1.82. The minimum absolute atomic E-state index is 0.405. The lowest BCUT2D eigenvalue weighted by Gasteiger charge is -2.31. The molecular weight excluding hydrogens is 310 g/mol. The molecule has 0 aliphatic carbocycles. The van der Waals surface area contributed by atoms with Crippen LogP contribution in [0.1, 0.15) is 31.9 Å². The van der Waals surface area contributed by atoms with Gasteiger partial charge >= 0.3 is 6.09 Å². The molecule has 2 rings (SSSR count). The molecule has 1 aromatic rings. The van der Waals surface area contributed by atoms with E-state index < -0.39 is 11.7 Å². The zero-order valence-corrected chi connectivity index (χ0v) is 14.8. The van der Waals surface area contributed by atoms with Gasteiger partial charge < -0.3 is 20.3 Å². The van der Waals surface area contributed by atoms with Crippen molar-refractivity contribution in [2.45, 2.75) is 39.3 Å². The van der Waals surface area contributed by atoms with E-state index in [1.54, 1.807) is 0 Å². The molecule has 23 heavy (non-hydrogen) atoms. The number of carbonyl (C=O) groups is 1.